The third-order valence-corrected chi connectivity index (χ3v) is 2.97. The Kier molecular flexibility index (Phi) is 5.07. The molecular weight excluding hydrogens is 186 g/mol. The van der Waals surface area contributed by atoms with Crippen LogP contribution in [0.25, 0.3) is 0 Å². The molecule has 0 radical (unpaired) electrons. The van der Waals surface area contributed by atoms with Crippen molar-refractivity contribution in [2.45, 2.75) is 31.8 Å². The van der Waals surface area contributed by atoms with Gasteiger partial charge in [0.05, 0.1) is 6.10 Å². The Hall–Kier alpha value is 0.210. The van der Waals surface area contributed by atoms with Gasteiger partial charge < -0.3 is 10.0 Å². The van der Waals surface area contributed by atoms with Gasteiger partial charge in [0.15, 0.2) is 0 Å². The standard InChI is InChI=1S/C10H20ClNO/c1-12(5-3-2-4-11)8-9-6-10(13)7-9/h9-10,13H,2-8H2,1H3. The minimum absolute atomic E-state index is 0.0127. The van der Waals surface area contributed by atoms with Crippen molar-refractivity contribution in [2.24, 2.45) is 5.92 Å². The second-order valence-electron chi connectivity index (χ2n) is 4.15. The number of hydrogen-bond acceptors (Lipinski definition) is 2. The summed E-state index contributed by atoms with van der Waals surface area (Å²) in [6, 6.07) is 0. The van der Waals surface area contributed by atoms with Gasteiger partial charge in [-0.2, -0.15) is 0 Å². The molecule has 0 saturated heterocycles. The van der Waals surface area contributed by atoms with Crippen LogP contribution in [0.15, 0.2) is 0 Å². The van der Waals surface area contributed by atoms with Crippen LogP contribution in [0.2, 0.25) is 0 Å². The highest BCUT2D eigenvalue weighted by Gasteiger charge is 2.27. The number of rotatable bonds is 6. The van der Waals surface area contributed by atoms with Crippen molar-refractivity contribution in [2.75, 3.05) is 26.0 Å². The SMILES string of the molecule is CN(CCCCCl)CC1CC(O)C1. The maximum Gasteiger partial charge on any atom is 0.0546 e. The molecule has 1 N–H and O–H groups in total. The van der Waals surface area contributed by atoms with Gasteiger partial charge >= 0.3 is 0 Å². The highest BCUT2D eigenvalue weighted by atomic mass is 35.5. The van der Waals surface area contributed by atoms with Crippen LogP contribution in [0.4, 0.5) is 0 Å². The fourth-order valence-corrected chi connectivity index (χ4v) is 2.05. The van der Waals surface area contributed by atoms with E-state index in [2.05, 4.69) is 11.9 Å². The zero-order valence-electron chi connectivity index (χ0n) is 8.38. The molecule has 0 heterocycles. The van der Waals surface area contributed by atoms with Crippen LogP contribution in [0, 0.1) is 5.92 Å². The summed E-state index contributed by atoms with van der Waals surface area (Å²) in [6.45, 7) is 2.28. The van der Waals surface area contributed by atoms with E-state index in [0.717, 1.165) is 44.1 Å². The van der Waals surface area contributed by atoms with Crippen LogP contribution in [0.1, 0.15) is 25.7 Å². The molecule has 0 aliphatic heterocycles. The lowest BCUT2D eigenvalue weighted by atomic mass is 9.82. The molecule has 78 valence electrons. The Morgan fingerprint density at radius 2 is 2.08 bits per heavy atom. The molecule has 13 heavy (non-hydrogen) atoms. The molecule has 1 saturated carbocycles. The second-order valence-corrected chi connectivity index (χ2v) is 4.53. The monoisotopic (exact) mass is 205 g/mol. The molecule has 0 amide bonds. The number of aliphatic hydroxyl groups excluding tert-OH is 1. The average molecular weight is 206 g/mol. The minimum atomic E-state index is -0.0127. The molecule has 1 rings (SSSR count). The first kappa shape index (κ1) is 11.3. The Morgan fingerprint density at radius 1 is 1.38 bits per heavy atom. The predicted octanol–water partition coefficient (Wildman–Crippen LogP) is 1.71. The summed E-state index contributed by atoms with van der Waals surface area (Å²) in [4.78, 5) is 2.35. The number of unbranched alkanes of at least 4 members (excludes halogenated alkanes) is 1. The summed E-state index contributed by atoms with van der Waals surface area (Å²) in [5.74, 6) is 1.51. The van der Waals surface area contributed by atoms with E-state index in [1.807, 2.05) is 0 Å². The van der Waals surface area contributed by atoms with Crippen molar-refractivity contribution in [1.29, 1.82) is 0 Å². The molecule has 0 unspecified atom stereocenters. The van der Waals surface area contributed by atoms with Gasteiger partial charge in [-0.1, -0.05) is 0 Å². The molecule has 0 aromatic carbocycles. The topological polar surface area (TPSA) is 23.5 Å². The van der Waals surface area contributed by atoms with Crippen LogP contribution in [-0.4, -0.2) is 42.1 Å². The number of halogens is 1. The van der Waals surface area contributed by atoms with Gasteiger partial charge in [0.25, 0.3) is 0 Å². The van der Waals surface area contributed by atoms with E-state index < -0.39 is 0 Å². The fourth-order valence-electron chi connectivity index (χ4n) is 1.86. The van der Waals surface area contributed by atoms with E-state index in [9.17, 15) is 0 Å². The molecule has 0 aromatic heterocycles. The van der Waals surface area contributed by atoms with E-state index >= 15 is 0 Å². The minimum Gasteiger partial charge on any atom is -0.393 e. The second kappa shape index (κ2) is 5.84. The lowest BCUT2D eigenvalue weighted by Crippen LogP contribution is -2.37. The number of alkyl halides is 1. The van der Waals surface area contributed by atoms with Gasteiger partial charge in [-0.3, -0.25) is 0 Å². The molecule has 1 fully saturated rings. The predicted molar refractivity (Wildman–Crippen MR) is 56.2 cm³/mol. The molecule has 0 spiro atoms. The quantitative estimate of drug-likeness (QED) is 0.527. The molecular formula is C10H20ClNO. The first-order valence-electron chi connectivity index (χ1n) is 5.15. The number of aliphatic hydroxyl groups is 1. The molecule has 0 atom stereocenters. The van der Waals surface area contributed by atoms with E-state index in [1.54, 1.807) is 0 Å². The van der Waals surface area contributed by atoms with E-state index in [-0.39, 0.29) is 6.10 Å². The molecule has 0 aromatic rings. The van der Waals surface area contributed by atoms with Crippen LogP contribution >= 0.6 is 11.6 Å². The Morgan fingerprint density at radius 3 is 2.62 bits per heavy atom. The average Bonchev–Trinajstić information content (AvgIpc) is 2.02. The van der Waals surface area contributed by atoms with Gasteiger partial charge in [-0.05, 0) is 45.2 Å². The van der Waals surface area contributed by atoms with E-state index in [4.69, 9.17) is 16.7 Å². The van der Waals surface area contributed by atoms with Crippen molar-refractivity contribution >= 4 is 11.6 Å². The van der Waals surface area contributed by atoms with Crippen LogP contribution < -0.4 is 0 Å². The van der Waals surface area contributed by atoms with Crippen LogP contribution in [-0.2, 0) is 0 Å². The summed E-state index contributed by atoms with van der Waals surface area (Å²) in [5.41, 5.74) is 0. The summed E-state index contributed by atoms with van der Waals surface area (Å²) in [7, 11) is 2.15. The largest absolute Gasteiger partial charge is 0.393 e. The highest BCUT2D eigenvalue weighted by molar-refractivity contribution is 6.17. The zero-order valence-corrected chi connectivity index (χ0v) is 9.13. The molecule has 2 nitrogen and oxygen atoms in total. The Bertz CT molecular complexity index is 137. The van der Waals surface area contributed by atoms with Gasteiger partial charge in [0.1, 0.15) is 0 Å². The lowest BCUT2D eigenvalue weighted by molar-refractivity contribution is 0.0282. The third kappa shape index (κ3) is 4.30. The molecule has 1 aliphatic carbocycles. The Labute approximate surface area is 85.9 Å². The van der Waals surface area contributed by atoms with Crippen molar-refractivity contribution in [3.05, 3.63) is 0 Å². The first-order valence-corrected chi connectivity index (χ1v) is 5.68. The lowest BCUT2D eigenvalue weighted by Gasteiger charge is -2.34. The van der Waals surface area contributed by atoms with Crippen molar-refractivity contribution in [3.8, 4) is 0 Å². The Balaban J connectivity index is 1.95. The first-order chi connectivity index (χ1) is 6.22. The number of nitrogens with zero attached hydrogens (tertiary/aromatic N) is 1. The van der Waals surface area contributed by atoms with Crippen LogP contribution in [0.3, 0.4) is 0 Å². The molecule has 3 heteroatoms. The smallest absolute Gasteiger partial charge is 0.0546 e. The fraction of sp³-hybridized carbons (Fsp3) is 1.00. The van der Waals surface area contributed by atoms with Gasteiger partial charge in [0.2, 0.25) is 0 Å². The van der Waals surface area contributed by atoms with Crippen molar-refractivity contribution in [1.82, 2.24) is 4.90 Å². The van der Waals surface area contributed by atoms with Crippen LogP contribution in [0.5, 0.6) is 0 Å². The maximum absolute atomic E-state index is 9.11. The van der Waals surface area contributed by atoms with Gasteiger partial charge in [-0.15, -0.1) is 11.6 Å². The van der Waals surface area contributed by atoms with E-state index in [1.165, 1.54) is 6.42 Å². The summed E-state index contributed by atoms with van der Waals surface area (Å²) in [6.07, 6.45) is 4.29. The van der Waals surface area contributed by atoms with Gasteiger partial charge in [0, 0.05) is 12.4 Å². The molecule has 1 aliphatic rings. The zero-order chi connectivity index (χ0) is 9.68. The third-order valence-electron chi connectivity index (χ3n) is 2.70. The highest BCUT2D eigenvalue weighted by Crippen LogP contribution is 2.27. The summed E-state index contributed by atoms with van der Waals surface area (Å²) >= 11 is 5.60. The number of hydrogen-bond donors (Lipinski definition) is 1. The van der Waals surface area contributed by atoms with Gasteiger partial charge in [-0.25, -0.2) is 0 Å². The molecule has 0 bridgehead atoms. The summed E-state index contributed by atoms with van der Waals surface area (Å²) < 4.78 is 0. The maximum atomic E-state index is 9.11. The normalized spacial score (nSPS) is 27.7. The van der Waals surface area contributed by atoms with Crippen molar-refractivity contribution in [3.63, 3.8) is 0 Å². The van der Waals surface area contributed by atoms with Crippen molar-refractivity contribution < 1.29 is 5.11 Å². The van der Waals surface area contributed by atoms with E-state index in [0.29, 0.717) is 0 Å². The summed E-state index contributed by atoms with van der Waals surface area (Å²) in [5, 5.41) is 9.11.